The zero-order valence-corrected chi connectivity index (χ0v) is 14.0. The molecule has 2 aromatic rings. The van der Waals surface area contributed by atoms with Crippen molar-refractivity contribution in [3.63, 3.8) is 0 Å². The molecule has 0 saturated carbocycles. The van der Waals surface area contributed by atoms with Gasteiger partial charge in [0.15, 0.2) is 0 Å². The van der Waals surface area contributed by atoms with Crippen molar-refractivity contribution in [1.82, 2.24) is 4.98 Å². The number of aromatic nitrogens is 1. The van der Waals surface area contributed by atoms with Crippen LogP contribution in [0.15, 0.2) is 41.4 Å². The van der Waals surface area contributed by atoms with Crippen LogP contribution in [0.3, 0.4) is 0 Å². The summed E-state index contributed by atoms with van der Waals surface area (Å²) >= 11 is 0. The van der Waals surface area contributed by atoms with E-state index in [-0.39, 0.29) is 10.5 Å². The molecule has 0 bridgehead atoms. The van der Waals surface area contributed by atoms with Crippen molar-refractivity contribution in [3.8, 4) is 11.9 Å². The molecule has 0 amide bonds. The fourth-order valence-electron chi connectivity index (χ4n) is 1.95. The first-order valence-electron chi connectivity index (χ1n) is 7.32. The number of sulfonamides is 1. The summed E-state index contributed by atoms with van der Waals surface area (Å²) in [6.45, 7) is 3.07. The van der Waals surface area contributed by atoms with E-state index in [9.17, 15) is 13.7 Å². The summed E-state index contributed by atoms with van der Waals surface area (Å²) in [6.07, 6.45) is 2.60. The Kier molecular flexibility index (Phi) is 5.73. The summed E-state index contributed by atoms with van der Waals surface area (Å²) in [6, 6.07) is 9.73. The van der Waals surface area contributed by atoms with Gasteiger partial charge in [0.05, 0.1) is 22.8 Å². The van der Waals surface area contributed by atoms with Crippen LogP contribution in [0.2, 0.25) is 0 Å². The monoisotopic (exact) mass is 346 g/mol. The minimum Gasteiger partial charge on any atom is -0.478 e. The first-order valence-corrected chi connectivity index (χ1v) is 8.87. The highest BCUT2D eigenvalue weighted by atomic mass is 32.2. The van der Waals surface area contributed by atoms with Crippen molar-refractivity contribution in [2.45, 2.75) is 24.8 Å². The van der Waals surface area contributed by atoms with Gasteiger partial charge in [-0.15, -0.1) is 0 Å². The second-order valence-corrected chi connectivity index (χ2v) is 6.63. The third-order valence-corrected chi connectivity index (χ3v) is 4.09. The SMILES string of the molecule is CCCOc1ccc(CNc2ccc(S(N)(=O)=O)cc2C#N)cn1. The normalized spacial score (nSPS) is 10.9. The molecule has 0 aliphatic rings. The van der Waals surface area contributed by atoms with Gasteiger partial charge in [0.2, 0.25) is 15.9 Å². The topological polar surface area (TPSA) is 118 Å². The number of pyridine rings is 1. The Morgan fingerprint density at radius 2 is 2.12 bits per heavy atom. The van der Waals surface area contributed by atoms with Gasteiger partial charge in [-0.1, -0.05) is 13.0 Å². The predicted molar refractivity (Wildman–Crippen MR) is 89.9 cm³/mol. The number of nitrogens with two attached hydrogens (primary N) is 1. The summed E-state index contributed by atoms with van der Waals surface area (Å²) in [5.74, 6) is 0.566. The van der Waals surface area contributed by atoms with E-state index < -0.39 is 10.0 Å². The second-order valence-electron chi connectivity index (χ2n) is 5.07. The molecule has 0 unspecified atom stereocenters. The van der Waals surface area contributed by atoms with Crippen molar-refractivity contribution < 1.29 is 13.2 Å². The van der Waals surface area contributed by atoms with Gasteiger partial charge in [0.25, 0.3) is 0 Å². The molecule has 7 nitrogen and oxygen atoms in total. The summed E-state index contributed by atoms with van der Waals surface area (Å²) in [5, 5.41) is 17.3. The smallest absolute Gasteiger partial charge is 0.238 e. The Morgan fingerprint density at radius 3 is 2.71 bits per heavy atom. The van der Waals surface area contributed by atoms with E-state index in [0.717, 1.165) is 12.0 Å². The fourth-order valence-corrected chi connectivity index (χ4v) is 2.49. The number of ether oxygens (including phenoxy) is 1. The van der Waals surface area contributed by atoms with Crippen molar-refractivity contribution >= 4 is 15.7 Å². The molecule has 24 heavy (non-hydrogen) atoms. The first kappa shape index (κ1) is 17.7. The molecule has 0 saturated heterocycles. The molecule has 2 rings (SSSR count). The van der Waals surface area contributed by atoms with E-state index in [4.69, 9.17) is 9.88 Å². The lowest BCUT2D eigenvalue weighted by atomic mass is 10.2. The highest BCUT2D eigenvalue weighted by Gasteiger charge is 2.11. The van der Waals surface area contributed by atoms with Gasteiger partial charge in [-0.2, -0.15) is 5.26 Å². The van der Waals surface area contributed by atoms with Gasteiger partial charge in [-0.05, 0) is 30.2 Å². The third kappa shape index (κ3) is 4.68. The maximum atomic E-state index is 11.3. The van der Waals surface area contributed by atoms with E-state index in [2.05, 4.69) is 10.3 Å². The molecular formula is C16H18N4O3S. The Morgan fingerprint density at radius 1 is 1.33 bits per heavy atom. The molecule has 1 heterocycles. The van der Waals surface area contributed by atoms with Crippen molar-refractivity contribution in [3.05, 3.63) is 47.7 Å². The number of nitrogens with one attached hydrogen (secondary N) is 1. The number of hydrogen-bond acceptors (Lipinski definition) is 6. The third-order valence-electron chi connectivity index (χ3n) is 3.17. The number of anilines is 1. The Balaban J connectivity index is 2.08. The van der Waals surface area contributed by atoms with E-state index in [1.165, 1.54) is 18.2 Å². The molecule has 1 aromatic heterocycles. The first-order chi connectivity index (χ1) is 11.4. The highest BCUT2D eigenvalue weighted by Crippen LogP contribution is 2.20. The molecule has 0 aliphatic heterocycles. The summed E-state index contributed by atoms with van der Waals surface area (Å²) < 4.78 is 28.1. The van der Waals surface area contributed by atoms with E-state index in [1.807, 2.05) is 19.1 Å². The van der Waals surface area contributed by atoms with Crippen LogP contribution < -0.4 is 15.2 Å². The maximum absolute atomic E-state index is 11.3. The lowest BCUT2D eigenvalue weighted by molar-refractivity contribution is 0.305. The largest absolute Gasteiger partial charge is 0.478 e. The summed E-state index contributed by atoms with van der Waals surface area (Å²) in [5.41, 5.74) is 1.63. The number of primary sulfonamides is 1. The van der Waals surface area contributed by atoms with Crippen LogP contribution in [0.5, 0.6) is 5.88 Å². The minimum atomic E-state index is -3.83. The van der Waals surface area contributed by atoms with Gasteiger partial charge in [-0.3, -0.25) is 0 Å². The molecule has 0 radical (unpaired) electrons. The molecule has 0 spiro atoms. The van der Waals surface area contributed by atoms with E-state index in [0.29, 0.717) is 24.7 Å². The van der Waals surface area contributed by atoms with Gasteiger partial charge in [0, 0.05) is 18.8 Å². The molecule has 1 aromatic carbocycles. The van der Waals surface area contributed by atoms with Gasteiger partial charge < -0.3 is 10.1 Å². The van der Waals surface area contributed by atoms with Gasteiger partial charge in [0.1, 0.15) is 6.07 Å². The zero-order valence-electron chi connectivity index (χ0n) is 13.2. The quantitative estimate of drug-likeness (QED) is 0.791. The number of benzene rings is 1. The lowest BCUT2D eigenvalue weighted by Gasteiger charge is -2.10. The van der Waals surface area contributed by atoms with Crippen LogP contribution in [0, 0.1) is 11.3 Å². The van der Waals surface area contributed by atoms with Crippen molar-refractivity contribution in [1.29, 1.82) is 5.26 Å². The second kappa shape index (κ2) is 7.77. The van der Waals surface area contributed by atoms with E-state index in [1.54, 1.807) is 12.3 Å². The zero-order chi connectivity index (χ0) is 17.6. The van der Waals surface area contributed by atoms with Crippen LogP contribution in [0.4, 0.5) is 5.69 Å². The average molecular weight is 346 g/mol. The summed E-state index contributed by atoms with van der Waals surface area (Å²) in [4.78, 5) is 4.10. The molecule has 0 atom stereocenters. The average Bonchev–Trinajstić information content (AvgIpc) is 2.58. The Bertz CT molecular complexity index is 843. The van der Waals surface area contributed by atoms with Crippen LogP contribution in [-0.4, -0.2) is 20.0 Å². The van der Waals surface area contributed by atoms with Gasteiger partial charge in [-0.25, -0.2) is 18.5 Å². The molecule has 126 valence electrons. The van der Waals surface area contributed by atoms with Crippen LogP contribution in [-0.2, 0) is 16.6 Å². The molecule has 3 N–H and O–H groups in total. The summed E-state index contributed by atoms with van der Waals surface area (Å²) in [7, 11) is -3.83. The molecule has 0 fully saturated rings. The van der Waals surface area contributed by atoms with Crippen LogP contribution in [0.1, 0.15) is 24.5 Å². The van der Waals surface area contributed by atoms with Gasteiger partial charge >= 0.3 is 0 Å². The minimum absolute atomic E-state index is 0.0938. The number of rotatable bonds is 7. The number of hydrogen-bond donors (Lipinski definition) is 2. The van der Waals surface area contributed by atoms with Crippen molar-refractivity contribution in [2.24, 2.45) is 5.14 Å². The number of nitriles is 1. The highest BCUT2D eigenvalue weighted by molar-refractivity contribution is 7.89. The standard InChI is InChI=1S/C16H18N4O3S/c1-2-7-23-16-6-3-12(11-20-16)10-19-15-5-4-14(24(18,21)22)8-13(15)9-17/h3-6,8,11,19H,2,7,10H2,1H3,(H2,18,21,22). The molecule has 8 heteroatoms. The predicted octanol–water partition coefficient (Wildman–Crippen LogP) is 2.00. The lowest BCUT2D eigenvalue weighted by Crippen LogP contribution is -2.12. The fraction of sp³-hybridized carbons (Fsp3) is 0.250. The Labute approximate surface area is 141 Å². The molecular weight excluding hydrogens is 328 g/mol. The van der Waals surface area contributed by atoms with Crippen LogP contribution in [0.25, 0.3) is 0 Å². The molecule has 0 aliphatic carbocycles. The maximum Gasteiger partial charge on any atom is 0.238 e. The number of nitrogens with zero attached hydrogens (tertiary/aromatic N) is 2. The Hall–Kier alpha value is -2.63. The van der Waals surface area contributed by atoms with E-state index >= 15 is 0 Å². The van der Waals surface area contributed by atoms with Crippen molar-refractivity contribution in [2.75, 3.05) is 11.9 Å². The van der Waals surface area contributed by atoms with Crippen LogP contribution >= 0.6 is 0 Å².